The van der Waals surface area contributed by atoms with Crippen molar-refractivity contribution in [3.63, 3.8) is 0 Å². The molecule has 0 unspecified atom stereocenters. The van der Waals surface area contributed by atoms with Crippen molar-refractivity contribution in [2.75, 3.05) is 32.8 Å². The summed E-state index contributed by atoms with van der Waals surface area (Å²) >= 11 is 0. The first-order valence-electron chi connectivity index (χ1n) is 11.1. The number of para-hydroxylation sites is 1. The molecule has 1 aliphatic heterocycles. The van der Waals surface area contributed by atoms with Crippen LogP contribution in [0.2, 0.25) is 0 Å². The van der Waals surface area contributed by atoms with Gasteiger partial charge in [0.15, 0.2) is 0 Å². The smallest absolute Gasteiger partial charge is 0.317 e. The Hall–Kier alpha value is -3.39. The Bertz CT molecular complexity index is 1120. The molecular formula is C24H29N5O3. The van der Waals surface area contributed by atoms with Crippen molar-refractivity contribution in [2.45, 2.75) is 26.4 Å². The normalized spacial score (nSPS) is 14.5. The molecule has 1 fully saturated rings. The van der Waals surface area contributed by atoms with Crippen LogP contribution in [-0.4, -0.2) is 58.6 Å². The number of benzene rings is 2. The predicted molar refractivity (Wildman–Crippen MR) is 124 cm³/mol. The number of amides is 2. The quantitative estimate of drug-likeness (QED) is 0.596. The fourth-order valence-corrected chi connectivity index (χ4v) is 3.79. The average Bonchev–Trinajstić information content (AvgIpc) is 2.82. The zero-order valence-corrected chi connectivity index (χ0v) is 18.3. The van der Waals surface area contributed by atoms with Crippen LogP contribution >= 0.6 is 0 Å². The standard InChI is InChI=1S/C24H29N5O3/c1-2-14-32-19-7-5-6-18(15-19)16-25-24(31)29-12-10-28(11-13-29)17-22-26-21-9-4-3-8-20(21)23(30)27-22/h3-9,15H,2,10-14,16-17H2,1H3,(H,25,31)(H,26,27,30). The van der Waals surface area contributed by atoms with Gasteiger partial charge in [0.1, 0.15) is 11.6 Å². The van der Waals surface area contributed by atoms with Crippen LogP contribution in [0, 0.1) is 0 Å². The number of hydrogen-bond acceptors (Lipinski definition) is 5. The van der Waals surface area contributed by atoms with E-state index in [1.807, 2.05) is 47.4 Å². The van der Waals surface area contributed by atoms with Gasteiger partial charge in [-0.3, -0.25) is 9.69 Å². The van der Waals surface area contributed by atoms with Gasteiger partial charge < -0.3 is 19.9 Å². The van der Waals surface area contributed by atoms with Crippen LogP contribution in [0.3, 0.4) is 0 Å². The number of nitrogens with one attached hydrogen (secondary N) is 2. The highest BCUT2D eigenvalue weighted by Crippen LogP contribution is 2.14. The average molecular weight is 436 g/mol. The molecule has 1 saturated heterocycles. The van der Waals surface area contributed by atoms with Crippen LogP contribution in [-0.2, 0) is 13.1 Å². The zero-order chi connectivity index (χ0) is 22.3. The number of H-pyrrole nitrogens is 1. The first-order valence-corrected chi connectivity index (χ1v) is 11.1. The van der Waals surface area contributed by atoms with E-state index in [2.05, 4.69) is 27.1 Å². The van der Waals surface area contributed by atoms with Crippen molar-refractivity contribution in [1.29, 1.82) is 0 Å². The van der Waals surface area contributed by atoms with Crippen molar-refractivity contribution in [2.24, 2.45) is 0 Å². The number of ether oxygens (including phenoxy) is 1. The molecule has 0 atom stereocenters. The molecule has 168 valence electrons. The number of carbonyl (C=O) groups excluding carboxylic acids is 1. The second kappa shape index (κ2) is 10.3. The largest absolute Gasteiger partial charge is 0.494 e. The lowest BCUT2D eigenvalue weighted by Crippen LogP contribution is -2.51. The van der Waals surface area contributed by atoms with Crippen molar-refractivity contribution >= 4 is 16.9 Å². The van der Waals surface area contributed by atoms with Crippen LogP contribution in [0.5, 0.6) is 5.75 Å². The van der Waals surface area contributed by atoms with E-state index in [4.69, 9.17) is 4.74 Å². The third-order valence-electron chi connectivity index (χ3n) is 5.51. The van der Waals surface area contributed by atoms with Gasteiger partial charge in [-0.05, 0) is 36.2 Å². The molecule has 4 rings (SSSR count). The minimum Gasteiger partial charge on any atom is -0.494 e. The molecule has 0 spiro atoms. The van der Waals surface area contributed by atoms with E-state index in [-0.39, 0.29) is 11.6 Å². The maximum atomic E-state index is 12.6. The number of fused-ring (bicyclic) bond motifs is 1. The summed E-state index contributed by atoms with van der Waals surface area (Å²) in [6.07, 6.45) is 0.958. The Labute approximate surface area is 187 Å². The van der Waals surface area contributed by atoms with E-state index in [1.165, 1.54) is 0 Å². The summed E-state index contributed by atoms with van der Waals surface area (Å²) in [4.78, 5) is 36.3. The first kappa shape index (κ1) is 21.8. The molecule has 1 aromatic heterocycles. The molecule has 8 nitrogen and oxygen atoms in total. The lowest BCUT2D eigenvalue weighted by Gasteiger charge is -2.34. The van der Waals surface area contributed by atoms with Gasteiger partial charge in [-0.2, -0.15) is 0 Å². The highest BCUT2D eigenvalue weighted by molar-refractivity contribution is 5.77. The summed E-state index contributed by atoms with van der Waals surface area (Å²) in [6.45, 7) is 6.48. The van der Waals surface area contributed by atoms with E-state index in [1.54, 1.807) is 6.07 Å². The van der Waals surface area contributed by atoms with Crippen LogP contribution in [0.1, 0.15) is 24.7 Å². The lowest BCUT2D eigenvalue weighted by atomic mass is 10.2. The second-order valence-electron chi connectivity index (χ2n) is 7.95. The van der Waals surface area contributed by atoms with Crippen molar-refractivity contribution in [1.82, 2.24) is 25.1 Å². The molecule has 8 heteroatoms. The van der Waals surface area contributed by atoms with Crippen molar-refractivity contribution in [3.05, 3.63) is 70.3 Å². The number of aromatic amines is 1. The van der Waals surface area contributed by atoms with E-state index in [9.17, 15) is 9.59 Å². The summed E-state index contributed by atoms with van der Waals surface area (Å²) in [7, 11) is 0. The van der Waals surface area contributed by atoms with Crippen molar-refractivity contribution in [3.8, 4) is 5.75 Å². The Morgan fingerprint density at radius 2 is 1.94 bits per heavy atom. The van der Waals surface area contributed by atoms with Crippen molar-refractivity contribution < 1.29 is 9.53 Å². The highest BCUT2D eigenvalue weighted by Gasteiger charge is 2.21. The summed E-state index contributed by atoms with van der Waals surface area (Å²) in [5.41, 5.74) is 1.60. The molecular weight excluding hydrogens is 406 g/mol. The maximum absolute atomic E-state index is 12.6. The van der Waals surface area contributed by atoms with Gasteiger partial charge in [-0.1, -0.05) is 31.2 Å². The molecule has 0 saturated carbocycles. The van der Waals surface area contributed by atoms with Gasteiger partial charge >= 0.3 is 6.03 Å². The Kier molecular flexibility index (Phi) is 7.01. The second-order valence-corrected chi connectivity index (χ2v) is 7.95. The van der Waals surface area contributed by atoms with Crippen LogP contribution < -0.4 is 15.6 Å². The molecule has 0 radical (unpaired) electrons. The predicted octanol–water partition coefficient (Wildman–Crippen LogP) is 2.74. The SMILES string of the molecule is CCCOc1cccc(CNC(=O)N2CCN(Cc3nc4ccccc4c(=O)[nH]3)CC2)c1. The monoisotopic (exact) mass is 435 g/mol. The van der Waals surface area contributed by atoms with Gasteiger partial charge in [0.2, 0.25) is 0 Å². The number of carbonyl (C=O) groups is 1. The van der Waals surface area contributed by atoms with Crippen LogP contribution in [0.4, 0.5) is 4.79 Å². The topological polar surface area (TPSA) is 90.6 Å². The summed E-state index contributed by atoms with van der Waals surface area (Å²) in [5, 5.41) is 3.59. The fraction of sp³-hybridized carbons (Fsp3) is 0.375. The fourth-order valence-electron chi connectivity index (χ4n) is 3.79. The van der Waals surface area contributed by atoms with Crippen LogP contribution in [0.15, 0.2) is 53.3 Å². The molecule has 2 aromatic carbocycles. The van der Waals surface area contributed by atoms with Crippen LogP contribution in [0.25, 0.3) is 10.9 Å². The van der Waals surface area contributed by atoms with Gasteiger partial charge in [-0.15, -0.1) is 0 Å². The molecule has 0 bridgehead atoms. The number of nitrogens with zero attached hydrogens (tertiary/aromatic N) is 3. The minimum absolute atomic E-state index is 0.0678. The van der Waals surface area contributed by atoms with Gasteiger partial charge in [0.05, 0.1) is 24.1 Å². The third kappa shape index (κ3) is 5.45. The van der Waals surface area contributed by atoms with E-state index >= 15 is 0 Å². The molecule has 2 heterocycles. The summed E-state index contributed by atoms with van der Waals surface area (Å²) in [6, 6.07) is 15.1. The molecule has 0 aliphatic carbocycles. The Morgan fingerprint density at radius 3 is 2.75 bits per heavy atom. The first-order chi connectivity index (χ1) is 15.6. The Morgan fingerprint density at radius 1 is 1.12 bits per heavy atom. The number of aromatic nitrogens is 2. The van der Waals surface area contributed by atoms with E-state index in [0.717, 1.165) is 30.8 Å². The zero-order valence-electron chi connectivity index (χ0n) is 18.3. The number of urea groups is 1. The van der Waals surface area contributed by atoms with Gasteiger partial charge in [-0.25, -0.2) is 9.78 Å². The number of hydrogen-bond donors (Lipinski definition) is 2. The third-order valence-corrected chi connectivity index (χ3v) is 5.51. The van der Waals surface area contributed by atoms with Gasteiger partial charge in [0, 0.05) is 32.7 Å². The summed E-state index contributed by atoms with van der Waals surface area (Å²) < 4.78 is 5.65. The highest BCUT2D eigenvalue weighted by atomic mass is 16.5. The summed E-state index contributed by atoms with van der Waals surface area (Å²) in [5.74, 6) is 1.48. The van der Waals surface area contributed by atoms with E-state index < -0.39 is 0 Å². The minimum atomic E-state index is -0.118. The maximum Gasteiger partial charge on any atom is 0.317 e. The number of piperazine rings is 1. The molecule has 3 aromatic rings. The molecule has 32 heavy (non-hydrogen) atoms. The lowest BCUT2D eigenvalue weighted by molar-refractivity contribution is 0.133. The molecule has 2 N–H and O–H groups in total. The molecule has 1 aliphatic rings. The Balaban J connectivity index is 1.26. The van der Waals surface area contributed by atoms with Gasteiger partial charge in [0.25, 0.3) is 5.56 Å². The number of rotatable bonds is 7. The van der Waals surface area contributed by atoms with E-state index in [0.29, 0.717) is 49.5 Å². The molecule has 2 amide bonds.